The molecule has 0 radical (unpaired) electrons. The van der Waals surface area contributed by atoms with Crippen LogP contribution in [-0.4, -0.2) is 0 Å². The Balaban J connectivity index is 3.00. The zero-order valence-electron chi connectivity index (χ0n) is 7.62. The van der Waals surface area contributed by atoms with Crippen LogP contribution in [0, 0.1) is 18.3 Å². The molecule has 0 saturated carbocycles. The van der Waals surface area contributed by atoms with Gasteiger partial charge >= 0.3 is 0 Å². The molecule has 0 saturated heterocycles. The van der Waals surface area contributed by atoms with Crippen molar-refractivity contribution in [3.8, 4) is 6.07 Å². The zero-order valence-corrected chi connectivity index (χ0v) is 7.62. The van der Waals surface area contributed by atoms with Crippen LogP contribution >= 0.6 is 0 Å². The van der Waals surface area contributed by atoms with Gasteiger partial charge in [0.1, 0.15) is 0 Å². The van der Waals surface area contributed by atoms with Gasteiger partial charge in [-0.1, -0.05) is 17.7 Å². The van der Waals surface area contributed by atoms with Crippen molar-refractivity contribution in [2.45, 2.75) is 19.4 Å². The lowest BCUT2D eigenvalue weighted by molar-refractivity contribution is 0.750. The number of nitrogens with zero attached hydrogens (tertiary/aromatic N) is 1. The van der Waals surface area contributed by atoms with Gasteiger partial charge in [-0.15, -0.1) is 0 Å². The summed E-state index contributed by atoms with van der Waals surface area (Å²) < 4.78 is 0. The number of nitriles is 1. The summed E-state index contributed by atoms with van der Waals surface area (Å²) in [6.45, 7) is 1.97. The van der Waals surface area contributed by atoms with Crippen LogP contribution in [0.2, 0.25) is 0 Å². The third kappa shape index (κ3) is 2.20. The molecular weight excluding hydrogens is 162 g/mol. The van der Waals surface area contributed by atoms with Crippen LogP contribution in [0.5, 0.6) is 0 Å². The highest BCUT2D eigenvalue weighted by Crippen LogP contribution is 2.21. The van der Waals surface area contributed by atoms with Gasteiger partial charge in [-0.2, -0.15) is 5.26 Å². The molecule has 0 aliphatic rings. The van der Waals surface area contributed by atoms with E-state index in [1.165, 1.54) is 0 Å². The van der Waals surface area contributed by atoms with Crippen molar-refractivity contribution in [1.29, 1.82) is 5.26 Å². The maximum Gasteiger partial charge on any atom is 0.0641 e. The Morgan fingerprint density at radius 1 is 1.54 bits per heavy atom. The average Bonchev–Trinajstić information content (AvgIpc) is 2.09. The van der Waals surface area contributed by atoms with E-state index in [0.29, 0.717) is 12.1 Å². The van der Waals surface area contributed by atoms with E-state index in [2.05, 4.69) is 0 Å². The molecule has 4 N–H and O–H groups in total. The first kappa shape index (κ1) is 9.56. The number of rotatable bonds is 2. The number of nitrogens with two attached hydrogens (primary N) is 2. The summed E-state index contributed by atoms with van der Waals surface area (Å²) in [7, 11) is 0. The Morgan fingerprint density at radius 3 is 2.85 bits per heavy atom. The lowest BCUT2D eigenvalue weighted by Gasteiger charge is -2.11. The second kappa shape index (κ2) is 3.92. The number of nitrogen functional groups attached to an aromatic ring is 1. The molecule has 3 nitrogen and oxygen atoms in total. The van der Waals surface area contributed by atoms with Crippen LogP contribution < -0.4 is 11.5 Å². The summed E-state index contributed by atoms with van der Waals surface area (Å²) in [6, 6.07) is 7.44. The second-order valence-electron chi connectivity index (χ2n) is 3.10. The molecule has 1 unspecified atom stereocenters. The highest BCUT2D eigenvalue weighted by atomic mass is 14.7. The first-order valence-electron chi connectivity index (χ1n) is 4.13. The molecule has 1 aromatic carbocycles. The molecule has 0 aromatic heterocycles. The lowest BCUT2D eigenvalue weighted by atomic mass is 10.0. The van der Waals surface area contributed by atoms with Crippen LogP contribution in [-0.2, 0) is 0 Å². The van der Waals surface area contributed by atoms with E-state index in [4.69, 9.17) is 16.7 Å². The van der Waals surface area contributed by atoms with Gasteiger partial charge in [-0.3, -0.25) is 0 Å². The molecule has 0 amide bonds. The van der Waals surface area contributed by atoms with Crippen LogP contribution in [0.4, 0.5) is 5.69 Å². The van der Waals surface area contributed by atoms with Crippen molar-refractivity contribution < 1.29 is 0 Å². The highest BCUT2D eigenvalue weighted by Gasteiger charge is 2.08. The first-order chi connectivity index (χ1) is 6.15. The number of hydrogen-bond acceptors (Lipinski definition) is 3. The zero-order chi connectivity index (χ0) is 9.84. The smallest absolute Gasteiger partial charge is 0.0641 e. The molecule has 0 aliphatic heterocycles. The van der Waals surface area contributed by atoms with E-state index >= 15 is 0 Å². The first-order valence-corrected chi connectivity index (χ1v) is 4.13. The number of hydrogen-bond donors (Lipinski definition) is 2. The second-order valence-corrected chi connectivity index (χ2v) is 3.10. The van der Waals surface area contributed by atoms with Gasteiger partial charge in [0.15, 0.2) is 0 Å². The van der Waals surface area contributed by atoms with E-state index in [1.807, 2.05) is 31.2 Å². The summed E-state index contributed by atoms with van der Waals surface area (Å²) in [5, 5.41) is 8.49. The predicted octanol–water partition coefficient (Wildman–Crippen LogP) is 1.49. The van der Waals surface area contributed by atoms with E-state index in [1.54, 1.807) is 0 Å². The monoisotopic (exact) mass is 175 g/mol. The van der Waals surface area contributed by atoms with Gasteiger partial charge in [-0.05, 0) is 18.6 Å². The SMILES string of the molecule is Cc1ccc(N)c(C(N)CC#N)c1. The van der Waals surface area contributed by atoms with Crippen molar-refractivity contribution in [3.63, 3.8) is 0 Å². The predicted molar refractivity (Wildman–Crippen MR) is 52.7 cm³/mol. The van der Waals surface area contributed by atoms with Gasteiger partial charge in [0, 0.05) is 11.7 Å². The van der Waals surface area contributed by atoms with Crippen molar-refractivity contribution >= 4 is 5.69 Å². The Bertz CT molecular complexity index is 339. The average molecular weight is 175 g/mol. The quantitative estimate of drug-likeness (QED) is 0.668. The van der Waals surface area contributed by atoms with E-state index in [0.717, 1.165) is 11.1 Å². The Kier molecular flexibility index (Phi) is 2.88. The van der Waals surface area contributed by atoms with Gasteiger partial charge in [-0.25, -0.2) is 0 Å². The van der Waals surface area contributed by atoms with Gasteiger partial charge in [0.2, 0.25) is 0 Å². The molecule has 0 fully saturated rings. The van der Waals surface area contributed by atoms with Crippen molar-refractivity contribution in [2.24, 2.45) is 5.73 Å². The third-order valence-corrected chi connectivity index (χ3v) is 1.95. The fraction of sp³-hybridized carbons (Fsp3) is 0.300. The Hall–Kier alpha value is -1.53. The molecule has 0 bridgehead atoms. The topological polar surface area (TPSA) is 75.8 Å². The van der Waals surface area contributed by atoms with Gasteiger partial charge in [0.25, 0.3) is 0 Å². The third-order valence-electron chi connectivity index (χ3n) is 1.95. The van der Waals surface area contributed by atoms with Gasteiger partial charge < -0.3 is 11.5 Å². The van der Waals surface area contributed by atoms with Crippen molar-refractivity contribution in [2.75, 3.05) is 5.73 Å². The Labute approximate surface area is 78.0 Å². The minimum absolute atomic E-state index is 0.273. The van der Waals surface area contributed by atoms with E-state index in [-0.39, 0.29) is 6.04 Å². The molecule has 1 aromatic rings. The summed E-state index contributed by atoms with van der Waals surface area (Å²) in [4.78, 5) is 0. The fourth-order valence-corrected chi connectivity index (χ4v) is 1.22. The van der Waals surface area contributed by atoms with Crippen LogP contribution in [0.1, 0.15) is 23.6 Å². The Morgan fingerprint density at radius 2 is 2.23 bits per heavy atom. The summed E-state index contributed by atoms with van der Waals surface area (Å²) >= 11 is 0. The summed E-state index contributed by atoms with van der Waals surface area (Å²) in [5.74, 6) is 0. The van der Waals surface area contributed by atoms with Crippen LogP contribution in [0.25, 0.3) is 0 Å². The minimum Gasteiger partial charge on any atom is -0.398 e. The molecule has 0 spiro atoms. The molecule has 3 heteroatoms. The molecule has 68 valence electrons. The maximum atomic E-state index is 8.49. The van der Waals surface area contributed by atoms with E-state index in [9.17, 15) is 0 Å². The van der Waals surface area contributed by atoms with E-state index < -0.39 is 0 Å². The maximum absolute atomic E-state index is 8.49. The van der Waals surface area contributed by atoms with Crippen molar-refractivity contribution in [1.82, 2.24) is 0 Å². The molecule has 13 heavy (non-hydrogen) atoms. The number of aryl methyl sites for hydroxylation is 1. The number of benzene rings is 1. The lowest BCUT2D eigenvalue weighted by Crippen LogP contribution is -2.11. The van der Waals surface area contributed by atoms with Crippen molar-refractivity contribution in [3.05, 3.63) is 29.3 Å². The fourth-order valence-electron chi connectivity index (χ4n) is 1.22. The standard InChI is InChI=1S/C10H13N3/c1-7-2-3-9(12)8(6-7)10(13)4-5-11/h2-3,6,10H,4,12-13H2,1H3. The van der Waals surface area contributed by atoms with Crippen LogP contribution in [0.3, 0.4) is 0 Å². The largest absolute Gasteiger partial charge is 0.398 e. The molecule has 1 rings (SSSR count). The molecule has 1 atom stereocenters. The minimum atomic E-state index is -0.273. The molecular formula is C10H13N3. The molecule has 0 aliphatic carbocycles. The van der Waals surface area contributed by atoms with Gasteiger partial charge in [0.05, 0.1) is 12.5 Å². The normalized spacial score (nSPS) is 12.1. The highest BCUT2D eigenvalue weighted by molar-refractivity contribution is 5.50. The number of anilines is 1. The summed E-state index contributed by atoms with van der Waals surface area (Å²) in [5.41, 5.74) is 14.1. The summed E-state index contributed by atoms with van der Waals surface area (Å²) in [6.07, 6.45) is 0.299. The van der Waals surface area contributed by atoms with Crippen LogP contribution in [0.15, 0.2) is 18.2 Å². The molecule has 0 heterocycles.